The summed E-state index contributed by atoms with van der Waals surface area (Å²) in [5, 5.41) is 7.73. The number of carbonyl (C=O) groups is 1. The number of hydrogen-bond acceptors (Lipinski definition) is 3. The van der Waals surface area contributed by atoms with Gasteiger partial charge in [0.05, 0.1) is 5.69 Å². The minimum absolute atomic E-state index is 0.0956. The number of piperazine rings is 1. The molecule has 1 saturated heterocycles. The molecule has 1 aromatic rings. The van der Waals surface area contributed by atoms with E-state index in [0.29, 0.717) is 11.7 Å². The maximum atomic E-state index is 12.6. The SMILES string of the molecule is CCn1nc(C)cc1C(=O)N1CC(C)NCC1C. The summed E-state index contributed by atoms with van der Waals surface area (Å²) >= 11 is 0. The molecule has 0 spiro atoms. The number of rotatable bonds is 2. The molecule has 1 aromatic heterocycles. The van der Waals surface area contributed by atoms with Gasteiger partial charge >= 0.3 is 0 Å². The van der Waals surface area contributed by atoms with Crippen molar-refractivity contribution in [3.05, 3.63) is 17.5 Å². The highest BCUT2D eigenvalue weighted by atomic mass is 16.2. The lowest BCUT2D eigenvalue weighted by atomic mass is 10.1. The van der Waals surface area contributed by atoms with E-state index in [4.69, 9.17) is 0 Å². The number of nitrogens with one attached hydrogen (secondary N) is 1. The fourth-order valence-corrected chi connectivity index (χ4v) is 2.41. The molecule has 2 rings (SSSR count). The van der Waals surface area contributed by atoms with Crippen molar-refractivity contribution in [2.45, 2.75) is 46.3 Å². The van der Waals surface area contributed by atoms with E-state index in [1.54, 1.807) is 4.68 Å². The van der Waals surface area contributed by atoms with Crippen molar-refractivity contribution in [1.82, 2.24) is 20.0 Å². The summed E-state index contributed by atoms with van der Waals surface area (Å²) in [4.78, 5) is 14.5. The Morgan fingerprint density at radius 3 is 2.94 bits per heavy atom. The Morgan fingerprint density at radius 1 is 1.56 bits per heavy atom. The van der Waals surface area contributed by atoms with Gasteiger partial charge in [-0.25, -0.2) is 0 Å². The molecule has 1 fully saturated rings. The molecular weight excluding hydrogens is 228 g/mol. The monoisotopic (exact) mass is 250 g/mol. The zero-order valence-corrected chi connectivity index (χ0v) is 11.6. The molecule has 0 radical (unpaired) electrons. The summed E-state index contributed by atoms with van der Waals surface area (Å²) in [6, 6.07) is 2.46. The molecule has 1 aliphatic rings. The number of aromatic nitrogens is 2. The molecule has 0 aliphatic carbocycles. The van der Waals surface area contributed by atoms with Crippen LogP contribution in [0.25, 0.3) is 0 Å². The Kier molecular flexibility index (Phi) is 3.71. The number of amides is 1. The highest BCUT2D eigenvalue weighted by Gasteiger charge is 2.29. The molecule has 5 nitrogen and oxygen atoms in total. The van der Waals surface area contributed by atoms with E-state index in [-0.39, 0.29) is 11.9 Å². The first-order valence-electron chi connectivity index (χ1n) is 6.61. The molecule has 2 atom stereocenters. The molecule has 100 valence electrons. The second-order valence-electron chi connectivity index (χ2n) is 5.10. The predicted octanol–water partition coefficient (Wildman–Crippen LogP) is 1.03. The Balaban J connectivity index is 2.24. The first-order valence-corrected chi connectivity index (χ1v) is 6.61. The van der Waals surface area contributed by atoms with Gasteiger partial charge in [-0.15, -0.1) is 0 Å². The second-order valence-corrected chi connectivity index (χ2v) is 5.10. The molecule has 2 unspecified atom stereocenters. The Hall–Kier alpha value is -1.36. The third-order valence-electron chi connectivity index (χ3n) is 3.45. The van der Waals surface area contributed by atoms with Gasteiger partial charge < -0.3 is 10.2 Å². The molecule has 1 aliphatic heterocycles. The van der Waals surface area contributed by atoms with Crippen LogP contribution in [0.2, 0.25) is 0 Å². The summed E-state index contributed by atoms with van der Waals surface area (Å²) < 4.78 is 1.79. The van der Waals surface area contributed by atoms with Crippen molar-refractivity contribution in [3.8, 4) is 0 Å². The average Bonchev–Trinajstić information content (AvgIpc) is 2.72. The minimum Gasteiger partial charge on any atom is -0.332 e. The fourth-order valence-electron chi connectivity index (χ4n) is 2.41. The third-order valence-corrected chi connectivity index (χ3v) is 3.45. The summed E-state index contributed by atoms with van der Waals surface area (Å²) in [7, 11) is 0. The van der Waals surface area contributed by atoms with Gasteiger partial charge in [-0.05, 0) is 33.8 Å². The van der Waals surface area contributed by atoms with Gasteiger partial charge in [0.15, 0.2) is 0 Å². The van der Waals surface area contributed by atoms with Crippen molar-refractivity contribution in [1.29, 1.82) is 0 Å². The highest BCUT2D eigenvalue weighted by Crippen LogP contribution is 2.13. The van der Waals surface area contributed by atoms with Crippen LogP contribution in [0.3, 0.4) is 0 Å². The zero-order chi connectivity index (χ0) is 13.3. The van der Waals surface area contributed by atoms with Crippen LogP contribution < -0.4 is 5.32 Å². The van der Waals surface area contributed by atoms with E-state index in [1.165, 1.54) is 0 Å². The van der Waals surface area contributed by atoms with Crippen LogP contribution in [-0.2, 0) is 6.54 Å². The lowest BCUT2D eigenvalue weighted by Gasteiger charge is -2.37. The zero-order valence-electron chi connectivity index (χ0n) is 11.6. The normalized spacial score (nSPS) is 24.3. The van der Waals surface area contributed by atoms with Crippen LogP contribution in [0, 0.1) is 6.92 Å². The molecule has 1 N–H and O–H groups in total. The molecule has 0 aromatic carbocycles. The van der Waals surface area contributed by atoms with Crippen molar-refractivity contribution in [2.24, 2.45) is 0 Å². The number of nitrogens with zero attached hydrogens (tertiary/aromatic N) is 3. The van der Waals surface area contributed by atoms with E-state index in [0.717, 1.165) is 25.3 Å². The quantitative estimate of drug-likeness (QED) is 0.853. The Bertz CT molecular complexity index is 440. The molecule has 5 heteroatoms. The van der Waals surface area contributed by atoms with E-state index in [1.807, 2.05) is 24.8 Å². The topological polar surface area (TPSA) is 50.2 Å². The summed E-state index contributed by atoms with van der Waals surface area (Å²) in [6.07, 6.45) is 0. The van der Waals surface area contributed by atoms with Crippen LogP contribution in [0.5, 0.6) is 0 Å². The highest BCUT2D eigenvalue weighted by molar-refractivity contribution is 5.93. The smallest absolute Gasteiger partial charge is 0.272 e. The maximum Gasteiger partial charge on any atom is 0.272 e. The van der Waals surface area contributed by atoms with E-state index < -0.39 is 0 Å². The van der Waals surface area contributed by atoms with Crippen molar-refractivity contribution in [3.63, 3.8) is 0 Å². The summed E-state index contributed by atoms with van der Waals surface area (Å²) in [5.74, 6) is 0.0956. The van der Waals surface area contributed by atoms with Crippen LogP contribution >= 0.6 is 0 Å². The lowest BCUT2D eigenvalue weighted by Crippen LogP contribution is -2.56. The van der Waals surface area contributed by atoms with Crippen LogP contribution in [-0.4, -0.2) is 45.8 Å². The van der Waals surface area contributed by atoms with Crippen LogP contribution in [0.1, 0.15) is 37.0 Å². The van der Waals surface area contributed by atoms with Gasteiger partial charge in [-0.2, -0.15) is 5.10 Å². The number of carbonyl (C=O) groups excluding carboxylic acids is 1. The number of aryl methyl sites for hydroxylation is 2. The van der Waals surface area contributed by atoms with Gasteiger partial charge in [-0.3, -0.25) is 9.48 Å². The fraction of sp³-hybridized carbons (Fsp3) is 0.692. The summed E-state index contributed by atoms with van der Waals surface area (Å²) in [5.41, 5.74) is 1.60. The maximum absolute atomic E-state index is 12.6. The second kappa shape index (κ2) is 5.10. The van der Waals surface area contributed by atoms with Gasteiger partial charge in [0.25, 0.3) is 5.91 Å². The first kappa shape index (κ1) is 13.1. The van der Waals surface area contributed by atoms with E-state index in [9.17, 15) is 4.79 Å². The van der Waals surface area contributed by atoms with E-state index in [2.05, 4.69) is 24.3 Å². The van der Waals surface area contributed by atoms with Crippen molar-refractivity contribution in [2.75, 3.05) is 13.1 Å². The molecule has 2 heterocycles. The van der Waals surface area contributed by atoms with Crippen molar-refractivity contribution >= 4 is 5.91 Å². The third kappa shape index (κ3) is 2.41. The summed E-state index contributed by atoms with van der Waals surface area (Å²) in [6.45, 7) is 10.5. The molecule has 0 saturated carbocycles. The first-order chi connectivity index (χ1) is 8.52. The van der Waals surface area contributed by atoms with Gasteiger partial charge in [0.1, 0.15) is 5.69 Å². The molecule has 0 bridgehead atoms. The number of hydrogen-bond donors (Lipinski definition) is 1. The van der Waals surface area contributed by atoms with Gasteiger partial charge in [0.2, 0.25) is 0 Å². The van der Waals surface area contributed by atoms with E-state index >= 15 is 0 Å². The minimum atomic E-state index is 0.0956. The Labute approximate surface area is 108 Å². The predicted molar refractivity (Wildman–Crippen MR) is 70.6 cm³/mol. The van der Waals surface area contributed by atoms with Crippen molar-refractivity contribution < 1.29 is 4.79 Å². The molecule has 18 heavy (non-hydrogen) atoms. The van der Waals surface area contributed by atoms with Gasteiger partial charge in [0, 0.05) is 31.7 Å². The Morgan fingerprint density at radius 2 is 2.28 bits per heavy atom. The molecular formula is C13H22N4O. The standard InChI is InChI=1S/C13H22N4O/c1-5-17-12(6-9(2)15-17)13(18)16-8-10(3)14-7-11(16)4/h6,10-11,14H,5,7-8H2,1-4H3. The molecule has 1 amide bonds. The van der Waals surface area contributed by atoms with Crippen LogP contribution in [0.15, 0.2) is 6.07 Å². The van der Waals surface area contributed by atoms with Gasteiger partial charge in [-0.1, -0.05) is 0 Å². The lowest BCUT2D eigenvalue weighted by molar-refractivity contribution is 0.0603. The largest absolute Gasteiger partial charge is 0.332 e. The average molecular weight is 250 g/mol. The van der Waals surface area contributed by atoms with Crippen LogP contribution in [0.4, 0.5) is 0 Å².